The van der Waals surface area contributed by atoms with Gasteiger partial charge in [-0.05, 0) is 31.0 Å². The smallest absolute Gasteiger partial charge is 0.142 e. The minimum absolute atomic E-state index is 0.140. The molecule has 1 saturated heterocycles. The largest absolute Gasteiger partial charge is 0.497 e. The molecule has 1 fully saturated rings. The number of ether oxygens (including phenoxy) is 2. The minimum Gasteiger partial charge on any atom is -0.497 e. The van der Waals surface area contributed by atoms with Gasteiger partial charge in [0.25, 0.3) is 0 Å². The van der Waals surface area contributed by atoms with Crippen LogP contribution in [0.4, 0.5) is 5.69 Å². The van der Waals surface area contributed by atoms with E-state index in [1.165, 1.54) is 11.1 Å². The number of hydrogen-bond donors (Lipinski definition) is 1. The second-order valence-corrected chi connectivity index (χ2v) is 6.55. The lowest BCUT2D eigenvalue weighted by Crippen LogP contribution is -2.46. The molecule has 4 nitrogen and oxygen atoms in total. The highest BCUT2D eigenvalue weighted by atomic mass is 16.5. The van der Waals surface area contributed by atoms with Crippen LogP contribution >= 0.6 is 0 Å². The molecular formula is C20H26N2O2. The Balaban J connectivity index is 1.89. The van der Waals surface area contributed by atoms with Gasteiger partial charge in [0.05, 0.1) is 19.9 Å². The van der Waals surface area contributed by atoms with E-state index in [0.29, 0.717) is 5.92 Å². The fraction of sp³-hybridized carbons (Fsp3) is 0.400. The third kappa shape index (κ3) is 3.49. The van der Waals surface area contributed by atoms with Crippen molar-refractivity contribution >= 4 is 5.69 Å². The first-order chi connectivity index (χ1) is 11.6. The summed E-state index contributed by atoms with van der Waals surface area (Å²) in [6.45, 7) is 3.87. The maximum Gasteiger partial charge on any atom is 0.142 e. The number of nitrogens with zero attached hydrogens (tertiary/aromatic N) is 1. The van der Waals surface area contributed by atoms with Gasteiger partial charge in [-0.15, -0.1) is 0 Å². The van der Waals surface area contributed by atoms with E-state index in [0.717, 1.165) is 36.7 Å². The van der Waals surface area contributed by atoms with Gasteiger partial charge >= 0.3 is 0 Å². The Morgan fingerprint density at radius 2 is 1.75 bits per heavy atom. The Morgan fingerprint density at radius 3 is 2.42 bits per heavy atom. The number of anilines is 1. The lowest BCUT2D eigenvalue weighted by molar-refractivity contribution is 0.397. The predicted octanol–water partition coefficient (Wildman–Crippen LogP) is 3.33. The molecule has 0 spiro atoms. The summed E-state index contributed by atoms with van der Waals surface area (Å²) >= 11 is 0. The molecule has 3 rings (SSSR count). The van der Waals surface area contributed by atoms with E-state index >= 15 is 0 Å². The standard InChI is InChI=1S/C20H26N2O2/c1-14-4-6-15(7-5-14)16-10-17(21)13-22(12-16)19-11-18(23-2)8-9-20(19)24-3/h4-9,11,16-17H,10,12-13,21H2,1-3H3. The molecule has 128 valence electrons. The van der Waals surface area contributed by atoms with Gasteiger partial charge in [-0.25, -0.2) is 0 Å². The molecule has 1 heterocycles. The Labute approximate surface area is 144 Å². The van der Waals surface area contributed by atoms with Crippen molar-refractivity contribution in [1.82, 2.24) is 0 Å². The molecule has 0 saturated carbocycles. The quantitative estimate of drug-likeness (QED) is 0.936. The third-order valence-electron chi connectivity index (χ3n) is 4.76. The second kappa shape index (κ2) is 7.14. The van der Waals surface area contributed by atoms with Gasteiger partial charge in [0.2, 0.25) is 0 Å². The SMILES string of the molecule is COc1ccc(OC)c(N2CC(N)CC(c3ccc(C)cc3)C2)c1. The molecule has 2 N–H and O–H groups in total. The van der Waals surface area contributed by atoms with Crippen LogP contribution in [0.3, 0.4) is 0 Å². The summed E-state index contributed by atoms with van der Waals surface area (Å²) in [5.74, 6) is 2.11. The summed E-state index contributed by atoms with van der Waals surface area (Å²) in [7, 11) is 3.38. The van der Waals surface area contributed by atoms with Crippen molar-refractivity contribution in [2.75, 3.05) is 32.2 Å². The number of piperidine rings is 1. The van der Waals surface area contributed by atoms with Crippen molar-refractivity contribution in [3.8, 4) is 11.5 Å². The van der Waals surface area contributed by atoms with E-state index < -0.39 is 0 Å². The van der Waals surface area contributed by atoms with Gasteiger partial charge in [-0.2, -0.15) is 0 Å². The molecule has 1 aliphatic heterocycles. The molecule has 4 heteroatoms. The molecule has 0 aliphatic carbocycles. The van der Waals surface area contributed by atoms with Crippen LogP contribution in [0.5, 0.6) is 11.5 Å². The summed E-state index contributed by atoms with van der Waals surface area (Å²) in [6.07, 6.45) is 1.01. The summed E-state index contributed by atoms with van der Waals surface area (Å²) in [5, 5.41) is 0. The van der Waals surface area contributed by atoms with E-state index in [1.807, 2.05) is 18.2 Å². The van der Waals surface area contributed by atoms with Gasteiger partial charge in [0.15, 0.2) is 0 Å². The summed E-state index contributed by atoms with van der Waals surface area (Å²) < 4.78 is 10.9. The van der Waals surface area contributed by atoms with Gasteiger partial charge < -0.3 is 20.1 Å². The van der Waals surface area contributed by atoms with Crippen LogP contribution in [-0.4, -0.2) is 33.4 Å². The molecule has 0 radical (unpaired) electrons. The third-order valence-corrected chi connectivity index (χ3v) is 4.76. The van der Waals surface area contributed by atoms with E-state index in [4.69, 9.17) is 15.2 Å². The molecule has 2 unspecified atom stereocenters. The van der Waals surface area contributed by atoms with Crippen molar-refractivity contribution < 1.29 is 9.47 Å². The molecule has 24 heavy (non-hydrogen) atoms. The van der Waals surface area contributed by atoms with Crippen LogP contribution in [0.1, 0.15) is 23.5 Å². The lowest BCUT2D eigenvalue weighted by Gasteiger charge is -2.38. The monoisotopic (exact) mass is 326 g/mol. The number of methoxy groups -OCH3 is 2. The van der Waals surface area contributed by atoms with Crippen molar-refractivity contribution in [1.29, 1.82) is 0 Å². The maximum absolute atomic E-state index is 6.37. The zero-order valence-electron chi connectivity index (χ0n) is 14.7. The first-order valence-electron chi connectivity index (χ1n) is 8.40. The Kier molecular flexibility index (Phi) is 4.95. The Morgan fingerprint density at radius 1 is 1.00 bits per heavy atom. The van der Waals surface area contributed by atoms with Crippen LogP contribution in [0.15, 0.2) is 42.5 Å². The number of nitrogens with two attached hydrogens (primary N) is 1. The average molecular weight is 326 g/mol. The molecular weight excluding hydrogens is 300 g/mol. The van der Waals surface area contributed by atoms with Crippen molar-refractivity contribution in [3.63, 3.8) is 0 Å². The second-order valence-electron chi connectivity index (χ2n) is 6.55. The molecule has 0 amide bonds. The average Bonchev–Trinajstić information content (AvgIpc) is 2.61. The molecule has 0 aromatic heterocycles. The minimum atomic E-state index is 0.140. The predicted molar refractivity (Wildman–Crippen MR) is 98.3 cm³/mol. The number of aryl methyl sites for hydroxylation is 1. The Bertz CT molecular complexity index is 685. The fourth-order valence-electron chi connectivity index (χ4n) is 3.46. The number of rotatable bonds is 4. The highest BCUT2D eigenvalue weighted by Gasteiger charge is 2.28. The van der Waals surface area contributed by atoms with Crippen molar-refractivity contribution in [3.05, 3.63) is 53.6 Å². The molecule has 0 bridgehead atoms. The molecule has 2 atom stereocenters. The number of hydrogen-bond acceptors (Lipinski definition) is 4. The molecule has 1 aliphatic rings. The number of benzene rings is 2. The van der Waals surface area contributed by atoms with E-state index in [-0.39, 0.29) is 6.04 Å². The van der Waals surface area contributed by atoms with Gasteiger partial charge in [-0.3, -0.25) is 0 Å². The van der Waals surface area contributed by atoms with Crippen LogP contribution in [0.2, 0.25) is 0 Å². The zero-order valence-corrected chi connectivity index (χ0v) is 14.7. The van der Waals surface area contributed by atoms with Gasteiger partial charge in [0.1, 0.15) is 11.5 Å². The highest BCUT2D eigenvalue weighted by Crippen LogP contribution is 2.36. The van der Waals surface area contributed by atoms with Crippen LogP contribution in [-0.2, 0) is 0 Å². The summed E-state index contributed by atoms with van der Waals surface area (Å²) in [4.78, 5) is 2.32. The van der Waals surface area contributed by atoms with E-state index in [2.05, 4.69) is 36.1 Å². The van der Waals surface area contributed by atoms with Gasteiger partial charge in [-0.1, -0.05) is 29.8 Å². The first-order valence-corrected chi connectivity index (χ1v) is 8.40. The highest BCUT2D eigenvalue weighted by molar-refractivity contribution is 5.62. The van der Waals surface area contributed by atoms with Gasteiger partial charge in [0, 0.05) is 31.1 Å². The van der Waals surface area contributed by atoms with E-state index in [1.54, 1.807) is 14.2 Å². The maximum atomic E-state index is 6.37. The first kappa shape index (κ1) is 16.7. The molecule has 2 aromatic rings. The Hall–Kier alpha value is -2.20. The molecule has 2 aromatic carbocycles. The zero-order chi connectivity index (χ0) is 17.1. The summed E-state index contributed by atoms with van der Waals surface area (Å²) in [5.41, 5.74) is 10.0. The van der Waals surface area contributed by atoms with Crippen LogP contribution in [0, 0.1) is 6.92 Å². The normalized spacial score (nSPS) is 20.8. The van der Waals surface area contributed by atoms with Crippen LogP contribution < -0.4 is 20.1 Å². The fourth-order valence-corrected chi connectivity index (χ4v) is 3.46. The van der Waals surface area contributed by atoms with Crippen LogP contribution in [0.25, 0.3) is 0 Å². The van der Waals surface area contributed by atoms with Crippen molar-refractivity contribution in [2.24, 2.45) is 5.73 Å². The lowest BCUT2D eigenvalue weighted by atomic mass is 9.87. The topological polar surface area (TPSA) is 47.7 Å². The summed E-state index contributed by atoms with van der Waals surface area (Å²) in [6, 6.07) is 14.8. The van der Waals surface area contributed by atoms with Crippen molar-refractivity contribution in [2.45, 2.75) is 25.3 Å². The van der Waals surface area contributed by atoms with E-state index in [9.17, 15) is 0 Å².